The van der Waals surface area contributed by atoms with Crippen LogP contribution in [-0.4, -0.2) is 41.0 Å². The number of ether oxygens (including phenoxy) is 1. The number of nitrogens with one attached hydrogen (secondary N) is 1. The molecule has 1 amide bonds. The molecule has 0 aromatic rings. The molecule has 2 N–H and O–H groups in total. The molecule has 4 nitrogen and oxygen atoms in total. The van der Waals surface area contributed by atoms with Gasteiger partial charge < -0.3 is 15.2 Å². The molecule has 0 aliphatic carbocycles. The molecule has 1 rings (SSSR count). The summed E-state index contributed by atoms with van der Waals surface area (Å²) in [6.07, 6.45) is 0.512. The zero-order valence-corrected chi connectivity index (χ0v) is 11.0. The van der Waals surface area contributed by atoms with E-state index in [1.807, 2.05) is 32.5 Å². The Morgan fingerprint density at radius 1 is 1.56 bits per heavy atom. The first-order chi connectivity index (χ1) is 7.42. The van der Waals surface area contributed by atoms with Crippen LogP contribution in [0.2, 0.25) is 0 Å². The first-order valence-electron chi connectivity index (χ1n) is 5.60. The van der Waals surface area contributed by atoms with Gasteiger partial charge in [0.1, 0.15) is 5.60 Å². The Bertz CT molecular complexity index is 240. The van der Waals surface area contributed by atoms with Gasteiger partial charge in [-0.1, -0.05) is 0 Å². The zero-order chi connectivity index (χ0) is 12.2. The van der Waals surface area contributed by atoms with Crippen LogP contribution in [0, 0.1) is 5.92 Å². The van der Waals surface area contributed by atoms with E-state index in [1.54, 1.807) is 0 Å². The van der Waals surface area contributed by atoms with Crippen LogP contribution in [0.5, 0.6) is 0 Å². The van der Waals surface area contributed by atoms with Gasteiger partial charge in [-0.05, 0) is 32.9 Å². The van der Waals surface area contributed by atoms with Crippen molar-refractivity contribution in [2.24, 2.45) is 5.92 Å². The number of hydrogen-bond donors (Lipinski definition) is 2. The molecule has 1 heterocycles. The third kappa shape index (κ3) is 4.61. The quantitative estimate of drug-likeness (QED) is 0.778. The molecule has 1 saturated heterocycles. The van der Waals surface area contributed by atoms with E-state index in [2.05, 4.69) is 5.32 Å². The predicted octanol–water partition coefficient (Wildman–Crippen LogP) is 1.63. The maximum Gasteiger partial charge on any atom is 0.407 e. The molecule has 94 valence electrons. The van der Waals surface area contributed by atoms with Crippen molar-refractivity contribution in [3.05, 3.63) is 0 Å². The fourth-order valence-corrected chi connectivity index (χ4v) is 2.85. The van der Waals surface area contributed by atoms with E-state index in [4.69, 9.17) is 4.74 Å². The Kier molecular flexibility index (Phi) is 4.92. The number of thioether (sulfide) groups is 1. The zero-order valence-electron chi connectivity index (χ0n) is 10.2. The van der Waals surface area contributed by atoms with Gasteiger partial charge in [0.25, 0.3) is 0 Å². The molecular formula is C11H21NO3S. The average molecular weight is 247 g/mol. The minimum absolute atomic E-state index is 0.0427. The molecule has 16 heavy (non-hydrogen) atoms. The van der Waals surface area contributed by atoms with Crippen molar-refractivity contribution in [2.75, 3.05) is 18.1 Å². The van der Waals surface area contributed by atoms with Crippen molar-refractivity contribution >= 4 is 17.9 Å². The van der Waals surface area contributed by atoms with Gasteiger partial charge in [-0.25, -0.2) is 4.79 Å². The van der Waals surface area contributed by atoms with Gasteiger partial charge in [0, 0.05) is 24.3 Å². The number of rotatable bonds is 2. The second kappa shape index (κ2) is 5.77. The normalized spacial score (nSPS) is 26.2. The fourth-order valence-electron chi connectivity index (χ4n) is 1.63. The second-order valence-electron chi connectivity index (χ2n) is 5.06. The number of carbonyl (C=O) groups is 1. The van der Waals surface area contributed by atoms with Gasteiger partial charge in [0.15, 0.2) is 0 Å². The summed E-state index contributed by atoms with van der Waals surface area (Å²) in [7, 11) is 0. The Morgan fingerprint density at radius 3 is 2.81 bits per heavy atom. The Hall–Kier alpha value is -0.420. The second-order valence-corrected chi connectivity index (χ2v) is 6.21. The number of aliphatic hydroxyl groups is 1. The Labute approximate surface area is 101 Å². The lowest BCUT2D eigenvalue weighted by atomic mass is 10.00. The van der Waals surface area contributed by atoms with E-state index in [9.17, 15) is 9.90 Å². The summed E-state index contributed by atoms with van der Waals surface area (Å²) in [4.78, 5) is 11.6. The maximum atomic E-state index is 11.6. The van der Waals surface area contributed by atoms with Crippen LogP contribution < -0.4 is 5.32 Å². The third-order valence-corrected chi connectivity index (χ3v) is 3.60. The van der Waals surface area contributed by atoms with Crippen molar-refractivity contribution in [1.82, 2.24) is 5.32 Å². The summed E-state index contributed by atoms with van der Waals surface area (Å²) >= 11 is 1.82. The molecule has 5 heteroatoms. The van der Waals surface area contributed by atoms with Gasteiger partial charge >= 0.3 is 6.09 Å². The standard InChI is InChI=1S/C11H21NO3S/c1-11(2,3)15-10(14)12-9-4-5-16-7-8(9)6-13/h8-9,13H,4-7H2,1-3H3,(H,12,14)/t8-,9+/m0/s1. The molecule has 0 unspecified atom stereocenters. The lowest BCUT2D eigenvalue weighted by Gasteiger charge is -2.31. The summed E-state index contributed by atoms with van der Waals surface area (Å²) in [6.45, 7) is 5.64. The van der Waals surface area contributed by atoms with E-state index in [0.717, 1.165) is 17.9 Å². The Morgan fingerprint density at radius 2 is 2.25 bits per heavy atom. The number of aliphatic hydroxyl groups excluding tert-OH is 1. The van der Waals surface area contributed by atoms with Crippen LogP contribution in [0.3, 0.4) is 0 Å². The monoisotopic (exact) mass is 247 g/mol. The molecule has 0 aromatic heterocycles. The van der Waals surface area contributed by atoms with Gasteiger partial charge in [0.05, 0.1) is 0 Å². The SMILES string of the molecule is CC(C)(C)OC(=O)N[C@@H]1CCSC[C@@H]1CO. The van der Waals surface area contributed by atoms with Crippen molar-refractivity contribution in [1.29, 1.82) is 0 Å². The molecule has 1 aliphatic rings. The van der Waals surface area contributed by atoms with Crippen LogP contribution in [0.1, 0.15) is 27.2 Å². The van der Waals surface area contributed by atoms with Gasteiger partial charge in [0.2, 0.25) is 0 Å². The van der Waals surface area contributed by atoms with Crippen molar-refractivity contribution in [2.45, 2.75) is 38.8 Å². The average Bonchev–Trinajstić information content (AvgIpc) is 2.15. The lowest BCUT2D eigenvalue weighted by Crippen LogP contribution is -2.46. The van der Waals surface area contributed by atoms with E-state index >= 15 is 0 Å². The predicted molar refractivity (Wildman–Crippen MR) is 65.7 cm³/mol. The number of carbonyl (C=O) groups excluding carboxylic acids is 1. The van der Waals surface area contributed by atoms with Crippen LogP contribution in [0.25, 0.3) is 0 Å². The van der Waals surface area contributed by atoms with Crippen LogP contribution in [0.4, 0.5) is 4.79 Å². The highest BCUT2D eigenvalue weighted by Gasteiger charge is 2.27. The highest BCUT2D eigenvalue weighted by molar-refractivity contribution is 7.99. The van der Waals surface area contributed by atoms with Crippen molar-refractivity contribution < 1.29 is 14.6 Å². The highest BCUT2D eigenvalue weighted by atomic mass is 32.2. The number of hydrogen-bond acceptors (Lipinski definition) is 4. The first-order valence-corrected chi connectivity index (χ1v) is 6.76. The number of amides is 1. The molecule has 0 aromatic carbocycles. The summed E-state index contributed by atoms with van der Waals surface area (Å²) in [5.74, 6) is 2.07. The molecular weight excluding hydrogens is 226 g/mol. The Balaban J connectivity index is 2.42. The highest BCUT2D eigenvalue weighted by Crippen LogP contribution is 2.23. The van der Waals surface area contributed by atoms with Crippen molar-refractivity contribution in [3.63, 3.8) is 0 Å². The van der Waals surface area contributed by atoms with Gasteiger partial charge in [-0.2, -0.15) is 11.8 Å². The maximum absolute atomic E-state index is 11.6. The minimum atomic E-state index is -0.470. The molecule has 0 saturated carbocycles. The fraction of sp³-hybridized carbons (Fsp3) is 0.909. The van der Waals surface area contributed by atoms with E-state index in [-0.39, 0.29) is 24.7 Å². The molecule has 1 aliphatic heterocycles. The van der Waals surface area contributed by atoms with E-state index < -0.39 is 5.60 Å². The summed E-state index contributed by atoms with van der Waals surface area (Å²) < 4.78 is 5.19. The molecule has 0 bridgehead atoms. The van der Waals surface area contributed by atoms with E-state index in [1.165, 1.54) is 0 Å². The summed E-state index contributed by atoms with van der Waals surface area (Å²) in [5.41, 5.74) is -0.470. The molecule has 2 atom stereocenters. The van der Waals surface area contributed by atoms with E-state index in [0.29, 0.717) is 0 Å². The van der Waals surface area contributed by atoms with Gasteiger partial charge in [-0.3, -0.25) is 0 Å². The topological polar surface area (TPSA) is 58.6 Å². The van der Waals surface area contributed by atoms with Crippen molar-refractivity contribution in [3.8, 4) is 0 Å². The summed E-state index contributed by atoms with van der Waals surface area (Å²) in [6, 6.07) is 0.0427. The third-order valence-electron chi connectivity index (χ3n) is 2.41. The minimum Gasteiger partial charge on any atom is -0.444 e. The first kappa shape index (κ1) is 13.6. The number of alkyl carbamates (subject to hydrolysis) is 1. The van der Waals surface area contributed by atoms with Crippen LogP contribution in [0.15, 0.2) is 0 Å². The lowest BCUT2D eigenvalue weighted by molar-refractivity contribution is 0.0474. The van der Waals surface area contributed by atoms with Crippen LogP contribution >= 0.6 is 11.8 Å². The molecule has 0 spiro atoms. The van der Waals surface area contributed by atoms with Crippen LogP contribution in [-0.2, 0) is 4.74 Å². The molecule has 0 radical (unpaired) electrons. The van der Waals surface area contributed by atoms with Gasteiger partial charge in [-0.15, -0.1) is 0 Å². The smallest absolute Gasteiger partial charge is 0.407 e. The molecule has 1 fully saturated rings. The summed E-state index contributed by atoms with van der Waals surface area (Å²) in [5, 5.41) is 12.0. The largest absolute Gasteiger partial charge is 0.444 e.